The van der Waals surface area contributed by atoms with E-state index in [9.17, 15) is 4.79 Å². The van der Waals surface area contributed by atoms with Crippen LogP contribution in [0, 0.1) is 6.92 Å². The van der Waals surface area contributed by atoms with Gasteiger partial charge in [0.05, 0.1) is 23.3 Å². The number of carbonyl (C=O) groups excluding carboxylic acids is 1. The van der Waals surface area contributed by atoms with Gasteiger partial charge in [0.2, 0.25) is 0 Å². The van der Waals surface area contributed by atoms with Crippen molar-refractivity contribution in [2.24, 2.45) is 0 Å². The predicted octanol–water partition coefficient (Wildman–Crippen LogP) is 5.34. The second kappa shape index (κ2) is 8.16. The summed E-state index contributed by atoms with van der Waals surface area (Å²) in [4.78, 5) is 22.8. The van der Waals surface area contributed by atoms with E-state index >= 15 is 0 Å². The molecular formula is C24H20N6OS. The lowest BCUT2D eigenvalue weighted by Gasteiger charge is -2.08. The largest absolute Gasteiger partial charge is 0.397 e. The number of aromatic nitrogens is 3. The van der Waals surface area contributed by atoms with Crippen LogP contribution in [0.1, 0.15) is 15.2 Å². The Kier molecular flexibility index (Phi) is 5.04. The molecule has 0 saturated heterocycles. The molecule has 0 saturated carbocycles. The average molecular weight is 441 g/mol. The standard InChI is InChI=1S/C24H20N6OS/c1-15-22(20-14-26-21-8-4-5-13-30(20)21)29-24(32-15)27-17-11-9-16(10-12-17)23(31)28-19-7-3-2-6-18(19)25/h2-14H,25H2,1H3,(H,27,29)(H,28,31). The number of benzene rings is 2. The maximum atomic E-state index is 12.5. The summed E-state index contributed by atoms with van der Waals surface area (Å²) in [5.41, 5.74) is 11.1. The number of rotatable bonds is 5. The minimum atomic E-state index is -0.213. The van der Waals surface area contributed by atoms with Gasteiger partial charge < -0.3 is 16.4 Å². The zero-order chi connectivity index (χ0) is 22.1. The zero-order valence-electron chi connectivity index (χ0n) is 17.2. The number of thiazole rings is 1. The number of anilines is 4. The van der Waals surface area contributed by atoms with Gasteiger partial charge in [-0.05, 0) is 55.5 Å². The van der Waals surface area contributed by atoms with Crippen molar-refractivity contribution in [2.75, 3.05) is 16.4 Å². The summed E-state index contributed by atoms with van der Waals surface area (Å²) in [6.45, 7) is 2.04. The number of fused-ring (bicyclic) bond motifs is 1. The first kappa shape index (κ1) is 19.8. The van der Waals surface area contributed by atoms with Crippen molar-refractivity contribution in [3.8, 4) is 11.4 Å². The maximum Gasteiger partial charge on any atom is 0.255 e. The van der Waals surface area contributed by atoms with Crippen molar-refractivity contribution < 1.29 is 4.79 Å². The molecule has 0 unspecified atom stereocenters. The SMILES string of the molecule is Cc1sc(Nc2ccc(C(=O)Nc3ccccc3N)cc2)nc1-c1cnc2ccccn12. The Bertz CT molecular complexity index is 1420. The van der Waals surface area contributed by atoms with Crippen LogP contribution in [0.3, 0.4) is 0 Å². The molecule has 0 aliphatic heterocycles. The second-order valence-corrected chi connectivity index (χ2v) is 8.44. The topological polar surface area (TPSA) is 97.3 Å². The highest BCUT2D eigenvalue weighted by Gasteiger charge is 2.14. The number of hydrogen-bond acceptors (Lipinski definition) is 6. The molecule has 158 valence electrons. The molecule has 8 heteroatoms. The molecule has 7 nitrogen and oxygen atoms in total. The molecule has 0 fully saturated rings. The Balaban J connectivity index is 1.32. The van der Waals surface area contributed by atoms with E-state index in [4.69, 9.17) is 10.7 Å². The Morgan fingerprint density at radius 1 is 1.03 bits per heavy atom. The third kappa shape index (κ3) is 3.79. The third-order valence-electron chi connectivity index (χ3n) is 5.06. The van der Waals surface area contributed by atoms with E-state index in [1.807, 2.05) is 66.2 Å². The Labute approximate surface area is 188 Å². The van der Waals surface area contributed by atoms with E-state index in [1.54, 1.807) is 35.6 Å². The molecule has 0 radical (unpaired) electrons. The fourth-order valence-electron chi connectivity index (χ4n) is 3.43. The number of amides is 1. The number of carbonyl (C=O) groups is 1. The summed E-state index contributed by atoms with van der Waals surface area (Å²) in [5.74, 6) is -0.213. The van der Waals surface area contributed by atoms with Crippen LogP contribution in [-0.2, 0) is 0 Å². The summed E-state index contributed by atoms with van der Waals surface area (Å²) < 4.78 is 2.03. The van der Waals surface area contributed by atoms with E-state index in [2.05, 4.69) is 15.6 Å². The van der Waals surface area contributed by atoms with Gasteiger partial charge in [0, 0.05) is 22.3 Å². The third-order valence-corrected chi connectivity index (χ3v) is 5.95. The van der Waals surface area contributed by atoms with Gasteiger partial charge in [-0.25, -0.2) is 9.97 Å². The smallest absolute Gasteiger partial charge is 0.255 e. The first-order valence-corrected chi connectivity index (χ1v) is 10.8. The quantitative estimate of drug-likeness (QED) is 0.320. The number of nitrogens with two attached hydrogens (primary N) is 1. The molecule has 0 bridgehead atoms. The minimum absolute atomic E-state index is 0.213. The first-order chi connectivity index (χ1) is 15.6. The number of nitrogens with one attached hydrogen (secondary N) is 2. The van der Waals surface area contributed by atoms with Gasteiger partial charge in [0.25, 0.3) is 5.91 Å². The van der Waals surface area contributed by atoms with Gasteiger partial charge in [0.1, 0.15) is 11.3 Å². The number of imidazole rings is 1. The van der Waals surface area contributed by atoms with Crippen LogP contribution >= 0.6 is 11.3 Å². The van der Waals surface area contributed by atoms with Gasteiger partial charge in [-0.15, -0.1) is 11.3 Å². The van der Waals surface area contributed by atoms with Crippen LogP contribution in [0.2, 0.25) is 0 Å². The first-order valence-electron chi connectivity index (χ1n) is 10.0. The lowest BCUT2D eigenvalue weighted by atomic mass is 10.2. The lowest BCUT2D eigenvalue weighted by Crippen LogP contribution is -2.13. The van der Waals surface area contributed by atoms with Gasteiger partial charge in [-0.2, -0.15) is 0 Å². The molecule has 3 aromatic heterocycles. The van der Waals surface area contributed by atoms with E-state index in [0.29, 0.717) is 16.9 Å². The van der Waals surface area contributed by atoms with Crippen molar-refractivity contribution in [1.29, 1.82) is 0 Å². The average Bonchev–Trinajstić information content (AvgIpc) is 3.38. The molecule has 0 aliphatic rings. The predicted molar refractivity (Wildman–Crippen MR) is 130 cm³/mol. The summed E-state index contributed by atoms with van der Waals surface area (Å²) in [5, 5.41) is 6.94. The van der Waals surface area contributed by atoms with E-state index in [1.165, 1.54) is 0 Å². The molecule has 3 heterocycles. The Morgan fingerprint density at radius 3 is 2.62 bits per heavy atom. The highest BCUT2D eigenvalue weighted by molar-refractivity contribution is 7.16. The molecular weight excluding hydrogens is 420 g/mol. The van der Waals surface area contributed by atoms with Crippen LogP contribution in [-0.4, -0.2) is 20.3 Å². The highest BCUT2D eigenvalue weighted by atomic mass is 32.1. The number of nitrogens with zero attached hydrogens (tertiary/aromatic N) is 3. The second-order valence-electron chi connectivity index (χ2n) is 7.24. The fourth-order valence-corrected chi connectivity index (χ4v) is 4.27. The molecule has 5 rings (SSSR count). The fraction of sp³-hybridized carbons (Fsp3) is 0.0417. The van der Waals surface area contributed by atoms with Crippen LogP contribution in [0.15, 0.2) is 79.1 Å². The molecule has 0 atom stereocenters. The maximum absolute atomic E-state index is 12.5. The van der Waals surface area contributed by atoms with E-state index in [-0.39, 0.29) is 5.91 Å². The molecule has 0 aliphatic carbocycles. The van der Waals surface area contributed by atoms with Crippen molar-refractivity contribution >= 4 is 45.1 Å². The molecule has 32 heavy (non-hydrogen) atoms. The normalized spacial score (nSPS) is 10.9. The van der Waals surface area contributed by atoms with Crippen LogP contribution in [0.5, 0.6) is 0 Å². The van der Waals surface area contributed by atoms with Crippen molar-refractivity contribution in [3.05, 3.63) is 89.6 Å². The summed E-state index contributed by atoms with van der Waals surface area (Å²) in [6, 6.07) is 20.3. The molecule has 2 aromatic carbocycles. The van der Waals surface area contributed by atoms with E-state index in [0.717, 1.165) is 32.7 Å². The van der Waals surface area contributed by atoms with Crippen molar-refractivity contribution in [2.45, 2.75) is 6.92 Å². The number of hydrogen-bond donors (Lipinski definition) is 3. The highest BCUT2D eigenvalue weighted by Crippen LogP contribution is 2.32. The number of nitrogen functional groups attached to an aromatic ring is 1. The van der Waals surface area contributed by atoms with Crippen LogP contribution in [0.4, 0.5) is 22.2 Å². The molecule has 4 N–H and O–H groups in total. The zero-order valence-corrected chi connectivity index (χ0v) is 18.1. The number of pyridine rings is 1. The van der Waals surface area contributed by atoms with Crippen molar-refractivity contribution in [3.63, 3.8) is 0 Å². The summed E-state index contributed by atoms with van der Waals surface area (Å²) >= 11 is 1.57. The Morgan fingerprint density at radius 2 is 1.81 bits per heavy atom. The Hall–Kier alpha value is -4.17. The van der Waals surface area contributed by atoms with Gasteiger partial charge in [0.15, 0.2) is 5.13 Å². The minimum Gasteiger partial charge on any atom is -0.397 e. The lowest BCUT2D eigenvalue weighted by molar-refractivity contribution is 0.102. The molecule has 0 spiro atoms. The van der Waals surface area contributed by atoms with Crippen LogP contribution < -0.4 is 16.4 Å². The molecule has 1 amide bonds. The summed E-state index contributed by atoms with van der Waals surface area (Å²) in [7, 11) is 0. The number of para-hydroxylation sites is 2. The van der Waals surface area contributed by atoms with Crippen molar-refractivity contribution in [1.82, 2.24) is 14.4 Å². The van der Waals surface area contributed by atoms with Gasteiger partial charge >= 0.3 is 0 Å². The monoisotopic (exact) mass is 440 g/mol. The van der Waals surface area contributed by atoms with Gasteiger partial charge in [-0.3, -0.25) is 9.20 Å². The summed E-state index contributed by atoms with van der Waals surface area (Å²) in [6.07, 6.45) is 3.82. The number of aryl methyl sites for hydroxylation is 1. The van der Waals surface area contributed by atoms with E-state index < -0.39 is 0 Å². The van der Waals surface area contributed by atoms with Gasteiger partial charge in [-0.1, -0.05) is 18.2 Å². The van der Waals surface area contributed by atoms with Crippen LogP contribution in [0.25, 0.3) is 17.0 Å². The molecule has 5 aromatic rings.